The number of rotatable bonds is 5. The van der Waals surface area contributed by atoms with Gasteiger partial charge in [-0.25, -0.2) is 19.6 Å². The molecule has 1 saturated heterocycles. The summed E-state index contributed by atoms with van der Waals surface area (Å²) >= 11 is 0. The van der Waals surface area contributed by atoms with Crippen molar-refractivity contribution in [1.82, 2.24) is 19.6 Å². The number of nitrogens with zero attached hydrogens (tertiary/aromatic N) is 5. The van der Waals surface area contributed by atoms with E-state index < -0.39 is 17.7 Å². The fourth-order valence-electron chi connectivity index (χ4n) is 3.78. The number of hydrogen-bond acceptors (Lipinski definition) is 9. The number of nitrogens with one attached hydrogen (secondary N) is 1. The van der Waals surface area contributed by atoms with E-state index >= 15 is 0 Å². The Bertz CT molecular complexity index is 1230. The summed E-state index contributed by atoms with van der Waals surface area (Å²) in [6, 6.07) is 7.37. The number of anilines is 3. The highest BCUT2D eigenvalue weighted by Gasteiger charge is 2.25. The molecule has 11 nitrogen and oxygen atoms in total. The molecule has 0 radical (unpaired) electrons. The van der Waals surface area contributed by atoms with Crippen LogP contribution in [-0.4, -0.2) is 64.6 Å². The van der Waals surface area contributed by atoms with Gasteiger partial charge in [0.2, 0.25) is 0 Å². The first-order chi connectivity index (χ1) is 16.7. The predicted octanol–water partition coefficient (Wildman–Crippen LogP) is 3.92. The zero-order chi connectivity index (χ0) is 25.2. The van der Waals surface area contributed by atoms with Gasteiger partial charge in [-0.1, -0.05) is 6.07 Å². The number of carbonyl (C=O) groups excluding carboxylic acids is 2. The molecule has 0 bridgehead atoms. The molecule has 0 unspecified atom stereocenters. The van der Waals surface area contributed by atoms with Crippen molar-refractivity contribution in [3.05, 3.63) is 41.7 Å². The summed E-state index contributed by atoms with van der Waals surface area (Å²) in [7, 11) is 2.85. The molecule has 1 fully saturated rings. The van der Waals surface area contributed by atoms with E-state index in [2.05, 4.69) is 15.4 Å². The Kier molecular flexibility index (Phi) is 6.88. The fourth-order valence-corrected chi connectivity index (χ4v) is 3.78. The smallest absolute Gasteiger partial charge is 0.415 e. The molecule has 4 heterocycles. The molecule has 1 atom stereocenters. The summed E-state index contributed by atoms with van der Waals surface area (Å²) < 4.78 is 17.4. The third-order valence-corrected chi connectivity index (χ3v) is 5.47. The molecular formula is C24H30N6O5. The van der Waals surface area contributed by atoms with Crippen molar-refractivity contribution in [3.8, 4) is 0 Å². The van der Waals surface area contributed by atoms with Crippen molar-refractivity contribution in [2.24, 2.45) is 0 Å². The van der Waals surface area contributed by atoms with Crippen LogP contribution >= 0.6 is 0 Å². The summed E-state index contributed by atoms with van der Waals surface area (Å²) in [5.41, 5.74) is 0.634. The van der Waals surface area contributed by atoms with Crippen molar-refractivity contribution in [1.29, 1.82) is 0 Å². The number of pyridine rings is 1. The second-order valence-electron chi connectivity index (χ2n) is 9.31. The summed E-state index contributed by atoms with van der Waals surface area (Å²) in [4.78, 5) is 35.7. The number of carbonyl (C=O) groups is 2. The van der Waals surface area contributed by atoms with E-state index in [1.807, 2.05) is 18.2 Å². The Morgan fingerprint density at radius 2 is 2.03 bits per heavy atom. The van der Waals surface area contributed by atoms with Crippen molar-refractivity contribution < 1.29 is 23.8 Å². The monoisotopic (exact) mass is 482 g/mol. The molecule has 1 N–H and O–H groups in total. The molecule has 11 heteroatoms. The van der Waals surface area contributed by atoms with Crippen LogP contribution < -0.4 is 10.2 Å². The average molecular weight is 483 g/mol. The molecular weight excluding hydrogens is 452 g/mol. The van der Waals surface area contributed by atoms with Crippen LogP contribution in [-0.2, 0) is 14.2 Å². The van der Waals surface area contributed by atoms with Gasteiger partial charge in [-0.3, -0.25) is 4.90 Å². The minimum absolute atomic E-state index is 0.163. The van der Waals surface area contributed by atoms with Gasteiger partial charge in [0, 0.05) is 31.3 Å². The zero-order valence-electron chi connectivity index (χ0n) is 20.6. The van der Waals surface area contributed by atoms with Crippen LogP contribution in [0.3, 0.4) is 0 Å². The molecule has 0 aliphatic carbocycles. The van der Waals surface area contributed by atoms with E-state index in [9.17, 15) is 9.59 Å². The molecule has 35 heavy (non-hydrogen) atoms. The second kappa shape index (κ2) is 9.87. The summed E-state index contributed by atoms with van der Waals surface area (Å²) in [5, 5.41) is 7.45. The normalized spacial score (nSPS) is 16.1. The molecule has 186 valence electrons. The first-order valence-electron chi connectivity index (χ1n) is 11.4. The third-order valence-electron chi connectivity index (χ3n) is 5.47. The van der Waals surface area contributed by atoms with Gasteiger partial charge in [0.1, 0.15) is 28.6 Å². The Morgan fingerprint density at radius 3 is 2.71 bits per heavy atom. The topological polar surface area (TPSA) is 120 Å². The van der Waals surface area contributed by atoms with Gasteiger partial charge < -0.3 is 19.5 Å². The Morgan fingerprint density at radius 1 is 1.23 bits per heavy atom. The van der Waals surface area contributed by atoms with Crippen LogP contribution in [0.15, 0.2) is 30.5 Å². The zero-order valence-corrected chi connectivity index (χ0v) is 20.6. The molecule has 1 aliphatic rings. The van der Waals surface area contributed by atoms with E-state index in [0.717, 1.165) is 25.1 Å². The maximum Gasteiger partial charge on any atom is 0.415 e. The van der Waals surface area contributed by atoms with Gasteiger partial charge in [-0.05, 0) is 45.7 Å². The van der Waals surface area contributed by atoms with Gasteiger partial charge in [-0.15, -0.1) is 0 Å². The highest BCUT2D eigenvalue weighted by Crippen LogP contribution is 2.27. The van der Waals surface area contributed by atoms with Crippen molar-refractivity contribution >= 4 is 35.2 Å². The quantitative estimate of drug-likeness (QED) is 0.539. The lowest BCUT2D eigenvalue weighted by atomic mass is 9.98. The van der Waals surface area contributed by atoms with Crippen molar-refractivity contribution in [2.75, 3.05) is 37.6 Å². The number of esters is 1. The molecule has 1 aliphatic heterocycles. The van der Waals surface area contributed by atoms with E-state index in [4.69, 9.17) is 19.2 Å². The van der Waals surface area contributed by atoms with E-state index in [-0.39, 0.29) is 17.1 Å². The molecule has 0 spiro atoms. The average Bonchev–Trinajstić information content (AvgIpc) is 3.26. The SMILES string of the molecule is COC(=O)c1cnn2c(N(C)C(=O)OC(C)(C)C)cc(Nc3cccc([C@H]4CCCOC4)n3)nc12. The van der Waals surface area contributed by atoms with E-state index in [1.54, 1.807) is 33.9 Å². The van der Waals surface area contributed by atoms with Gasteiger partial charge in [0.05, 0.1) is 19.9 Å². The van der Waals surface area contributed by atoms with E-state index in [1.165, 1.54) is 22.7 Å². The minimum atomic E-state index is -0.687. The lowest BCUT2D eigenvalue weighted by Crippen LogP contribution is -2.35. The van der Waals surface area contributed by atoms with Crippen LogP contribution in [0.4, 0.5) is 22.2 Å². The number of methoxy groups -OCH3 is 1. The Hall–Kier alpha value is -3.73. The summed E-state index contributed by atoms with van der Waals surface area (Å²) in [5.74, 6) is 0.940. The van der Waals surface area contributed by atoms with Gasteiger partial charge in [0.15, 0.2) is 5.65 Å². The van der Waals surface area contributed by atoms with Gasteiger partial charge in [0.25, 0.3) is 0 Å². The number of fused-ring (bicyclic) bond motifs is 1. The van der Waals surface area contributed by atoms with Gasteiger partial charge >= 0.3 is 12.1 Å². The van der Waals surface area contributed by atoms with Crippen LogP contribution in [0.5, 0.6) is 0 Å². The lowest BCUT2D eigenvalue weighted by molar-refractivity contribution is 0.0583. The molecule has 0 aromatic carbocycles. The largest absolute Gasteiger partial charge is 0.465 e. The molecule has 0 saturated carbocycles. The first-order valence-corrected chi connectivity index (χ1v) is 11.4. The number of amides is 1. The fraction of sp³-hybridized carbons (Fsp3) is 0.458. The van der Waals surface area contributed by atoms with Gasteiger partial charge in [-0.2, -0.15) is 9.61 Å². The van der Waals surface area contributed by atoms with Crippen LogP contribution in [0, 0.1) is 0 Å². The predicted molar refractivity (Wildman–Crippen MR) is 129 cm³/mol. The van der Waals surface area contributed by atoms with Crippen LogP contribution in [0.2, 0.25) is 0 Å². The number of ether oxygens (including phenoxy) is 3. The molecule has 4 rings (SSSR count). The molecule has 3 aromatic heterocycles. The maximum atomic E-state index is 12.8. The summed E-state index contributed by atoms with van der Waals surface area (Å²) in [6.45, 7) is 6.78. The highest BCUT2D eigenvalue weighted by atomic mass is 16.6. The number of hydrogen-bond donors (Lipinski definition) is 1. The number of aromatic nitrogens is 4. The Balaban J connectivity index is 1.72. The molecule has 1 amide bonds. The van der Waals surface area contributed by atoms with Crippen molar-refractivity contribution in [3.63, 3.8) is 0 Å². The minimum Gasteiger partial charge on any atom is -0.465 e. The summed E-state index contributed by atoms with van der Waals surface area (Å²) in [6.07, 6.45) is 2.79. The Labute approximate surface area is 203 Å². The van der Waals surface area contributed by atoms with Crippen LogP contribution in [0.1, 0.15) is 55.6 Å². The second-order valence-corrected chi connectivity index (χ2v) is 9.31. The van der Waals surface area contributed by atoms with Crippen molar-refractivity contribution in [2.45, 2.75) is 45.1 Å². The highest BCUT2D eigenvalue weighted by molar-refractivity contribution is 5.96. The van der Waals surface area contributed by atoms with Crippen LogP contribution in [0.25, 0.3) is 5.65 Å². The standard InChI is InChI=1S/C24H30N6O5/c1-24(2,3)35-23(32)29(4)20-12-19(28-21-16(22(31)33-5)13-25-30(20)21)27-18-10-6-9-17(26-18)15-8-7-11-34-14-15/h6,9-10,12-13,15H,7-8,11,14H2,1-5H3,(H,26,27,28)/t15-/m0/s1. The lowest BCUT2D eigenvalue weighted by Gasteiger charge is -2.25. The third kappa shape index (κ3) is 5.51. The molecule has 3 aromatic rings. The van der Waals surface area contributed by atoms with E-state index in [0.29, 0.717) is 24.1 Å². The first kappa shape index (κ1) is 24.4. The maximum absolute atomic E-state index is 12.8.